The second-order valence-corrected chi connectivity index (χ2v) is 5.19. The summed E-state index contributed by atoms with van der Waals surface area (Å²) in [4.78, 5) is 27.4. The summed E-state index contributed by atoms with van der Waals surface area (Å²) in [5, 5.41) is 3.44. The highest BCUT2D eigenvalue weighted by Crippen LogP contribution is 2.25. The van der Waals surface area contributed by atoms with Crippen molar-refractivity contribution in [3.8, 4) is 11.3 Å². The molecule has 0 saturated heterocycles. The Morgan fingerprint density at radius 3 is 2.39 bits per heavy atom. The number of para-hydroxylation sites is 1. The lowest BCUT2D eigenvalue weighted by molar-refractivity contribution is -0.114. The summed E-state index contributed by atoms with van der Waals surface area (Å²) < 4.78 is 0. The van der Waals surface area contributed by atoms with E-state index in [4.69, 9.17) is 5.73 Å². The Kier molecular flexibility index (Phi) is 3.76. The SMILES string of the molecule is CC(=O)Nc1ccc(-c2cc(C(N)=O)c3ccccc3n2)cc1. The minimum absolute atomic E-state index is 0.127. The van der Waals surface area contributed by atoms with Crippen LogP contribution in [0.5, 0.6) is 0 Å². The van der Waals surface area contributed by atoms with E-state index in [-0.39, 0.29) is 5.91 Å². The number of nitrogens with two attached hydrogens (primary N) is 1. The topological polar surface area (TPSA) is 85.1 Å². The van der Waals surface area contributed by atoms with Crippen LogP contribution >= 0.6 is 0 Å². The molecule has 0 aliphatic carbocycles. The number of fused-ring (bicyclic) bond motifs is 1. The third-order valence-corrected chi connectivity index (χ3v) is 3.48. The van der Waals surface area contributed by atoms with E-state index in [0.29, 0.717) is 22.5 Å². The number of rotatable bonds is 3. The van der Waals surface area contributed by atoms with Gasteiger partial charge in [-0.1, -0.05) is 30.3 Å². The molecule has 1 aromatic heterocycles. The quantitative estimate of drug-likeness (QED) is 0.780. The Morgan fingerprint density at radius 1 is 1.04 bits per heavy atom. The van der Waals surface area contributed by atoms with E-state index in [9.17, 15) is 9.59 Å². The first-order valence-electron chi connectivity index (χ1n) is 7.12. The van der Waals surface area contributed by atoms with E-state index in [1.54, 1.807) is 18.2 Å². The molecule has 2 aromatic carbocycles. The van der Waals surface area contributed by atoms with Crippen molar-refractivity contribution in [3.63, 3.8) is 0 Å². The van der Waals surface area contributed by atoms with Crippen LogP contribution in [0.15, 0.2) is 54.6 Å². The molecular weight excluding hydrogens is 290 g/mol. The van der Waals surface area contributed by atoms with Crippen LogP contribution in [0.25, 0.3) is 22.2 Å². The minimum Gasteiger partial charge on any atom is -0.366 e. The Bertz CT molecular complexity index is 902. The molecule has 2 amide bonds. The fraction of sp³-hybridized carbons (Fsp3) is 0.0556. The molecule has 5 heteroatoms. The van der Waals surface area contributed by atoms with Gasteiger partial charge in [0.1, 0.15) is 0 Å². The monoisotopic (exact) mass is 305 g/mol. The number of anilines is 1. The number of pyridine rings is 1. The predicted octanol–water partition coefficient (Wildman–Crippen LogP) is 2.96. The molecule has 0 spiro atoms. The van der Waals surface area contributed by atoms with E-state index in [1.807, 2.05) is 36.4 Å². The molecule has 0 fully saturated rings. The van der Waals surface area contributed by atoms with Crippen LogP contribution in [-0.2, 0) is 4.79 Å². The highest BCUT2D eigenvalue weighted by Gasteiger charge is 2.11. The molecular formula is C18H15N3O2. The van der Waals surface area contributed by atoms with Gasteiger partial charge in [-0.25, -0.2) is 4.98 Å². The Morgan fingerprint density at radius 2 is 1.74 bits per heavy atom. The number of carbonyl (C=O) groups excluding carboxylic acids is 2. The van der Waals surface area contributed by atoms with Crippen LogP contribution < -0.4 is 11.1 Å². The zero-order chi connectivity index (χ0) is 16.4. The molecule has 0 saturated carbocycles. The van der Waals surface area contributed by atoms with Crippen molar-refractivity contribution in [2.75, 3.05) is 5.32 Å². The number of nitrogens with zero attached hydrogens (tertiary/aromatic N) is 1. The van der Waals surface area contributed by atoms with Crippen LogP contribution in [-0.4, -0.2) is 16.8 Å². The van der Waals surface area contributed by atoms with Gasteiger partial charge in [0.05, 0.1) is 16.8 Å². The molecule has 0 aliphatic rings. The third kappa shape index (κ3) is 3.03. The van der Waals surface area contributed by atoms with Gasteiger partial charge in [0.25, 0.3) is 0 Å². The number of hydrogen-bond donors (Lipinski definition) is 2. The molecule has 0 atom stereocenters. The number of aromatic nitrogens is 1. The van der Waals surface area contributed by atoms with Gasteiger partial charge in [-0.3, -0.25) is 9.59 Å². The average Bonchev–Trinajstić information content (AvgIpc) is 2.54. The van der Waals surface area contributed by atoms with Crippen LogP contribution in [0.3, 0.4) is 0 Å². The standard InChI is InChI=1S/C18H15N3O2/c1-11(22)20-13-8-6-12(7-9-13)17-10-15(18(19)23)14-4-2-3-5-16(14)21-17/h2-10H,1H3,(H2,19,23)(H,20,22). The lowest BCUT2D eigenvalue weighted by Crippen LogP contribution is -2.12. The van der Waals surface area contributed by atoms with E-state index < -0.39 is 5.91 Å². The van der Waals surface area contributed by atoms with Gasteiger partial charge in [-0.15, -0.1) is 0 Å². The zero-order valence-electron chi connectivity index (χ0n) is 12.5. The van der Waals surface area contributed by atoms with E-state index in [0.717, 1.165) is 10.9 Å². The lowest BCUT2D eigenvalue weighted by Gasteiger charge is -2.08. The number of hydrogen-bond acceptors (Lipinski definition) is 3. The van der Waals surface area contributed by atoms with Crippen molar-refractivity contribution in [3.05, 3.63) is 60.2 Å². The number of primary amides is 1. The fourth-order valence-corrected chi connectivity index (χ4v) is 2.45. The number of amides is 2. The van der Waals surface area contributed by atoms with E-state index in [1.165, 1.54) is 6.92 Å². The van der Waals surface area contributed by atoms with Crippen LogP contribution in [0, 0.1) is 0 Å². The fourth-order valence-electron chi connectivity index (χ4n) is 2.45. The molecule has 1 heterocycles. The molecule has 0 unspecified atom stereocenters. The summed E-state index contributed by atoms with van der Waals surface area (Å²) in [6, 6.07) is 16.3. The molecule has 3 N–H and O–H groups in total. The van der Waals surface area contributed by atoms with Crippen molar-refractivity contribution < 1.29 is 9.59 Å². The molecule has 0 bridgehead atoms. The number of nitrogens with one attached hydrogen (secondary N) is 1. The first-order chi connectivity index (χ1) is 11.0. The Labute approximate surface area is 133 Å². The first kappa shape index (κ1) is 14.7. The van der Waals surface area contributed by atoms with Crippen molar-refractivity contribution >= 4 is 28.4 Å². The second kappa shape index (κ2) is 5.88. The minimum atomic E-state index is -0.486. The summed E-state index contributed by atoms with van der Waals surface area (Å²) in [7, 11) is 0. The van der Waals surface area contributed by atoms with Gasteiger partial charge in [0.2, 0.25) is 11.8 Å². The molecule has 3 aromatic rings. The normalized spacial score (nSPS) is 10.5. The summed E-state index contributed by atoms with van der Waals surface area (Å²) >= 11 is 0. The van der Waals surface area contributed by atoms with Gasteiger partial charge in [-0.2, -0.15) is 0 Å². The molecule has 3 rings (SSSR count). The second-order valence-electron chi connectivity index (χ2n) is 5.19. The number of carbonyl (C=O) groups is 2. The third-order valence-electron chi connectivity index (χ3n) is 3.48. The lowest BCUT2D eigenvalue weighted by atomic mass is 10.0. The van der Waals surface area contributed by atoms with Crippen molar-refractivity contribution in [1.82, 2.24) is 4.98 Å². The average molecular weight is 305 g/mol. The van der Waals surface area contributed by atoms with Gasteiger partial charge >= 0.3 is 0 Å². The van der Waals surface area contributed by atoms with Gasteiger partial charge in [-0.05, 0) is 24.3 Å². The Hall–Kier alpha value is -3.21. The summed E-state index contributed by atoms with van der Waals surface area (Å²) in [6.45, 7) is 1.46. The molecule has 23 heavy (non-hydrogen) atoms. The van der Waals surface area contributed by atoms with Crippen LogP contribution in [0.4, 0.5) is 5.69 Å². The van der Waals surface area contributed by atoms with Crippen molar-refractivity contribution in [2.24, 2.45) is 5.73 Å². The maximum Gasteiger partial charge on any atom is 0.249 e. The summed E-state index contributed by atoms with van der Waals surface area (Å²) in [5.41, 5.74) is 8.85. The van der Waals surface area contributed by atoms with Gasteiger partial charge in [0, 0.05) is 23.6 Å². The Balaban J connectivity index is 2.09. The maximum absolute atomic E-state index is 11.7. The molecule has 114 valence electrons. The van der Waals surface area contributed by atoms with Crippen molar-refractivity contribution in [2.45, 2.75) is 6.92 Å². The van der Waals surface area contributed by atoms with E-state index >= 15 is 0 Å². The smallest absolute Gasteiger partial charge is 0.249 e. The highest BCUT2D eigenvalue weighted by atomic mass is 16.1. The maximum atomic E-state index is 11.7. The predicted molar refractivity (Wildman–Crippen MR) is 90.0 cm³/mol. The highest BCUT2D eigenvalue weighted by molar-refractivity contribution is 6.06. The van der Waals surface area contributed by atoms with Crippen LogP contribution in [0.2, 0.25) is 0 Å². The zero-order valence-corrected chi connectivity index (χ0v) is 12.5. The van der Waals surface area contributed by atoms with Crippen LogP contribution in [0.1, 0.15) is 17.3 Å². The molecule has 5 nitrogen and oxygen atoms in total. The van der Waals surface area contributed by atoms with Gasteiger partial charge in [0.15, 0.2) is 0 Å². The number of benzene rings is 2. The molecule has 0 radical (unpaired) electrons. The first-order valence-corrected chi connectivity index (χ1v) is 7.12. The van der Waals surface area contributed by atoms with E-state index in [2.05, 4.69) is 10.3 Å². The summed E-state index contributed by atoms with van der Waals surface area (Å²) in [6.07, 6.45) is 0. The van der Waals surface area contributed by atoms with Crippen molar-refractivity contribution in [1.29, 1.82) is 0 Å². The molecule has 0 aliphatic heterocycles. The summed E-state index contributed by atoms with van der Waals surface area (Å²) in [5.74, 6) is -0.614. The largest absolute Gasteiger partial charge is 0.366 e. The van der Waals surface area contributed by atoms with Gasteiger partial charge < -0.3 is 11.1 Å².